The Balaban J connectivity index is 1.51. The van der Waals surface area contributed by atoms with Gasteiger partial charge in [-0.3, -0.25) is 9.36 Å². The maximum atomic E-state index is 14.3. The highest BCUT2D eigenvalue weighted by Crippen LogP contribution is 2.35. The third kappa shape index (κ3) is 5.59. The third-order valence-electron chi connectivity index (χ3n) is 7.78. The lowest BCUT2D eigenvalue weighted by atomic mass is 9.95. The Kier molecular flexibility index (Phi) is 8.47. The molecular formula is C35H30N4O5S. The highest BCUT2D eigenvalue weighted by atomic mass is 32.1. The fraction of sp³-hybridized carbons (Fsp3) is 0.200. The van der Waals surface area contributed by atoms with Crippen LogP contribution in [0.5, 0.6) is 5.75 Å². The molecule has 1 aliphatic heterocycles. The Morgan fingerprint density at radius 3 is 2.60 bits per heavy atom. The van der Waals surface area contributed by atoms with Gasteiger partial charge in [-0.15, -0.1) is 0 Å². The van der Waals surface area contributed by atoms with E-state index in [1.54, 1.807) is 24.7 Å². The molecule has 1 aliphatic rings. The van der Waals surface area contributed by atoms with Crippen LogP contribution in [0.4, 0.5) is 0 Å². The molecule has 3 aromatic carbocycles. The zero-order valence-electron chi connectivity index (χ0n) is 25.0. The highest BCUT2D eigenvalue weighted by molar-refractivity contribution is 7.07. The number of nitrogens with zero attached hydrogens (tertiary/aromatic N) is 4. The van der Waals surface area contributed by atoms with Gasteiger partial charge in [-0.25, -0.2) is 9.79 Å². The Morgan fingerprint density at radius 2 is 1.80 bits per heavy atom. The first-order chi connectivity index (χ1) is 21.9. The average molecular weight is 619 g/mol. The molecule has 10 heteroatoms. The van der Waals surface area contributed by atoms with Crippen molar-refractivity contribution in [2.24, 2.45) is 4.99 Å². The number of hydrogen-bond donors (Lipinski definition) is 0. The number of methoxy groups -OCH3 is 2. The molecule has 5 aromatic rings. The number of para-hydroxylation sites is 2. The second kappa shape index (κ2) is 12.8. The molecule has 3 heterocycles. The molecular weight excluding hydrogens is 588 g/mol. The summed E-state index contributed by atoms with van der Waals surface area (Å²) in [7, 11) is 3.09. The van der Waals surface area contributed by atoms with Crippen molar-refractivity contribution in [3.05, 3.63) is 132 Å². The number of hydrogen-bond acceptors (Lipinski definition) is 8. The van der Waals surface area contributed by atoms with E-state index >= 15 is 0 Å². The van der Waals surface area contributed by atoms with Crippen LogP contribution in [0.3, 0.4) is 0 Å². The smallest absolute Gasteiger partial charge is 0.338 e. The average Bonchev–Trinajstić information content (AvgIpc) is 3.56. The predicted molar refractivity (Wildman–Crippen MR) is 172 cm³/mol. The lowest BCUT2D eigenvalue weighted by Gasteiger charge is -2.26. The molecule has 9 nitrogen and oxygen atoms in total. The van der Waals surface area contributed by atoms with Gasteiger partial charge in [0.2, 0.25) is 0 Å². The largest absolute Gasteiger partial charge is 0.496 e. The summed E-state index contributed by atoms with van der Waals surface area (Å²) >= 11 is 1.26. The molecule has 226 valence electrons. The molecule has 0 amide bonds. The molecule has 2 aromatic heterocycles. The minimum absolute atomic E-state index is 0.0675. The van der Waals surface area contributed by atoms with Crippen LogP contribution in [-0.4, -0.2) is 42.5 Å². The number of carbonyl (C=O) groups excluding carboxylic acids is 1. The van der Waals surface area contributed by atoms with Crippen LogP contribution in [0, 0.1) is 11.3 Å². The summed E-state index contributed by atoms with van der Waals surface area (Å²) in [5, 5.41) is 10.6. The minimum atomic E-state index is -0.807. The fourth-order valence-electron chi connectivity index (χ4n) is 5.68. The Bertz CT molecular complexity index is 2180. The van der Waals surface area contributed by atoms with E-state index in [0.717, 1.165) is 22.0 Å². The van der Waals surface area contributed by atoms with E-state index in [9.17, 15) is 14.9 Å². The zero-order valence-corrected chi connectivity index (χ0v) is 25.8. The van der Waals surface area contributed by atoms with Crippen LogP contribution in [0.1, 0.15) is 35.2 Å². The van der Waals surface area contributed by atoms with Crippen LogP contribution in [0.25, 0.3) is 17.0 Å². The van der Waals surface area contributed by atoms with Gasteiger partial charge in [-0.2, -0.15) is 5.26 Å². The first kappa shape index (κ1) is 29.8. The summed E-state index contributed by atoms with van der Waals surface area (Å²) in [5.41, 5.74) is 4.46. The number of thiazole rings is 1. The predicted octanol–water partition coefficient (Wildman–Crippen LogP) is 4.31. The van der Waals surface area contributed by atoms with Crippen LogP contribution in [0.2, 0.25) is 0 Å². The number of fused-ring (bicyclic) bond motifs is 2. The fourth-order valence-corrected chi connectivity index (χ4v) is 6.72. The van der Waals surface area contributed by atoms with Crippen LogP contribution in [-0.2, 0) is 20.8 Å². The van der Waals surface area contributed by atoms with E-state index in [1.807, 2.05) is 79.0 Å². The summed E-state index contributed by atoms with van der Waals surface area (Å²) in [6, 6.07) is 24.3. The molecule has 0 saturated heterocycles. The molecule has 6 rings (SSSR count). The van der Waals surface area contributed by atoms with Gasteiger partial charge < -0.3 is 18.8 Å². The van der Waals surface area contributed by atoms with E-state index in [2.05, 4.69) is 10.6 Å². The highest BCUT2D eigenvalue weighted by Gasteiger charge is 2.35. The number of ether oxygens (including phenoxy) is 3. The first-order valence-corrected chi connectivity index (χ1v) is 15.1. The van der Waals surface area contributed by atoms with Gasteiger partial charge in [0.1, 0.15) is 18.4 Å². The third-order valence-corrected chi connectivity index (χ3v) is 8.76. The molecule has 0 spiro atoms. The summed E-state index contributed by atoms with van der Waals surface area (Å²) in [4.78, 5) is 32.9. The number of allylic oxidation sites excluding steroid dienone is 1. The Hall–Kier alpha value is -5.24. The zero-order chi connectivity index (χ0) is 31.5. The van der Waals surface area contributed by atoms with E-state index in [1.165, 1.54) is 18.4 Å². The van der Waals surface area contributed by atoms with Gasteiger partial charge >= 0.3 is 5.97 Å². The number of carbonyl (C=O) groups is 1. The maximum absolute atomic E-state index is 14.3. The molecule has 0 bridgehead atoms. The molecule has 45 heavy (non-hydrogen) atoms. The summed E-state index contributed by atoms with van der Waals surface area (Å²) in [6.07, 6.45) is 3.87. The summed E-state index contributed by atoms with van der Waals surface area (Å²) in [5.74, 6) is -0.0334. The van der Waals surface area contributed by atoms with Crippen molar-refractivity contribution in [3.8, 4) is 11.8 Å². The SMILES string of the molecule is COCCOC(=O)C1=C(C)N=c2sc(=Cc3cn(Cc4ccccc4C#N)c4ccccc34)c(=O)n2C1c1ccccc1OC. The molecule has 0 saturated carbocycles. The van der Waals surface area contributed by atoms with Gasteiger partial charge in [0.15, 0.2) is 4.80 Å². The maximum Gasteiger partial charge on any atom is 0.338 e. The van der Waals surface area contributed by atoms with Crippen molar-refractivity contribution < 1.29 is 19.0 Å². The Morgan fingerprint density at radius 1 is 1.04 bits per heavy atom. The van der Waals surface area contributed by atoms with Crippen LogP contribution < -0.4 is 19.6 Å². The molecule has 1 atom stereocenters. The van der Waals surface area contributed by atoms with Crippen molar-refractivity contribution in [2.45, 2.75) is 19.5 Å². The lowest BCUT2D eigenvalue weighted by molar-refractivity contribution is -0.140. The van der Waals surface area contributed by atoms with Crippen molar-refractivity contribution in [1.82, 2.24) is 9.13 Å². The van der Waals surface area contributed by atoms with Gasteiger partial charge in [0.05, 0.1) is 41.2 Å². The minimum Gasteiger partial charge on any atom is -0.496 e. The van der Waals surface area contributed by atoms with Crippen molar-refractivity contribution in [2.75, 3.05) is 27.4 Å². The number of rotatable bonds is 9. The quantitative estimate of drug-likeness (QED) is 0.180. The Labute approximate surface area is 263 Å². The lowest BCUT2D eigenvalue weighted by Crippen LogP contribution is -2.40. The topological polar surface area (TPSA) is 108 Å². The van der Waals surface area contributed by atoms with Crippen molar-refractivity contribution in [1.29, 1.82) is 5.26 Å². The summed E-state index contributed by atoms with van der Waals surface area (Å²) in [6.45, 7) is 2.56. The van der Waals surface area contributed by atoms with Gasteiger partial charge in [-0.05, 0) is 36.8 Å². The van der Waals surface area contributed by atoms with E-state index in [4.69, 9.17) is 19.2 Å². The van der Waals surface area contributed by atoms with Crippen molar-refractivity contribution in [3.63, 3.8) is 0 Å². The number of esters is 1. The molecule has 0 aliphatic carbocycles. The van der Waals surface area contributed by atoms with Gasteiger partial charge in [0.25, 0.3) is 5.56 Å². The van der Waals surface area contributed by atoms with Crippen molar-refractivity contribution >= 4 is 34.3 Å². The summed E-state index contributed by atoms with van der Waals surface area (Å²) < 4.78 is 20.4. The number of nitriles is 1. The van der Waals surface area contributed by atoms with Gasteiger partial charge in [-0.1, -0.05) is 65.9 Å². The van der Waals surface area contributed by atoms with E-state index in [0.29, 0.717) is 38.5 Å². The normalized spacial score (nSPS) is 14.6. The van der Waals surface area contributed by atoms with Crippen LogP contribution >= 0.6 is 11.3 Å². The molecule has 0 radical (unpaired) electrons. The molecule has 0 fully saturated rings. The standard InChI is InChI=1S/C35H30N4O5S/c1-22-31(34(41)44-17-16-42-2)32(27-13-7-9-15-29(27)43-3)39-33(40)30(45-35(39)37-22)18-25-21-38(28-14-8-6-12-26(25)28)20-24-11-5-4-10-23(24)19-36/h4-15,18,21,32H,16-17,20H2,1-3H3. The number of benzene rings is 3. The monoisotopic (exact) mass is 618 g/mol. The van der Waals surface area contributed by atoms with E-state index < -0.39 is 12.0 Å². The van der Waals surface area contributed by atoms with Gasteiger partial charge in [0, 0.05) is 41.9 Å². The van der Waals surface area contributed by atoms with E-state index in [-0.39, 0.29) is 24.3 Å². The molecule has 1 unspecified atom stereocenters. The second-order valence-corrected chi connectivity index (χ2v) is 11.5. The first-order valence-electron chi connectivity index (χ1n) is 14.3. The molecule has 0 N–H and O–H groups in total. The second-order valence-electron chi connectivity index (χ2n) is 10.5. The number of aromatic nitrogens is 2. The van der Waals surface area contributed by atoms with Crippen LogP contribution in [0.15, 0.2) is 100 Å².